The largest absolute Gasteiger partial charge is 0.342 e. The number of aromatic nitrogens is 3. The molecule has 0 radical (unpaired) electrons. The van der Waals surface area contributed by atoms with Crippen LogP contribution < -0.4 is 5.56 Å². The number of rotatable bonds is 3. The van der Waals surface area contributed by atoms with Gasteiger partial charge in [0.05, 0.1) is 11.3 Å². The van der Waals surface area contributed by atoms with E-state index >= 15 is 0 Å². The van der Waals surface area contributed by atoms with E-state index in [0.29, 0.717) is 24.8 Å². The third-order valence-electron chi connectivity index (χ3n) is 6.21. The van der Waals surface area contributed by atoms with Crippen molar-refractivity contribution in [3.8, 4) is 0 Å². The van der Waals surface area contributed by atoms with Crippen LogP contribution in [-0.2, 0) is 17.8 Å². The van der Waals surface area contributed by atoms with E-state index in [0.717, 1.165) is 49.3 Å². The molecule has 2 aliphatic rings. The maximum atomic E-state index is 13.1. The molecule has 2 aromatic heterocycles. The van der Waals surface area contributed by atoms with Crippen molar-refractivity contribution in [1.29, 1.82) is 0 Å². The Labute approximate surface area is 165 Å². The van der Waals surface area contributed by atoms with Gasteiger partial charge in [-0.3, -0.25) is 19.6 Å². The topological polar surface area (TPSA) is 73.7 Å². The molecule has 0 aromatic carbocycles. The summed E-state index contributed by atoms with van der Waals surface area (Å²) in [5, 5.41) is 3.30. The van der Waals surface area contributed by atoms with Gasteiger partial charge < -0.3 is 4.90 Å². The van der Waals surface area contributed by atoms with Gasteiger partial charge in [-0.2, -0.15) is 0 Å². The van der Waals surface area contributed by atoms with Crippen molar-refractivity contribution in [3.63, 3.8) is 0 Å². The van der Waals surface area contributed by atoms with Crippen molar-refractivity contribution in [2.24, 2.45) is 5.92 Å². The molecule has 152 valence electrons. The minimum atomic E-state index is 0.0152. The fraction of sp³-hybridized carbons (Fsp3) is 0.667. The summed E-state index contributed by atoms with van der Waals surface area (Å²) in [5.41, 5.74) is 3.47. The van der Waals surface area contributed by atoms with E-state index < -0.39 is 0 Å². The number of hydrogen-bond donors (Lipinski definition) is 1. The predicted molar refractivity (Wildman–Crippen MR) is 108 cm³/mol. The van der Waals surface area contributed by atoms with E-state index in [1.165, 1.54) is 0 Å². The monoisotopic (exact) mass is 385 g/mol. The first-order chi connectivity index (χ1) is 13.3. The van der Waals surface area contributed by atoms with E-state index in [1.54, 1.807) is 4.52 Å². The van der Waals surface area contributed by atoms with E-state index in [-0.39, 0.29) is 23.3 Å². The third kappa shape index (κ3) is 3.36. The highest BCUT2D eigenvalue weighted by Gasteiger charge is 2.28. The highest BCUT2D eigenvalue weighted by Crippen LogP contribution is 2.27. The highest BCUT2D eigenvalue weighted by molar-refractivity contribution is 5.78. The van der Waals surface area contributed by atoms with E-state index in [4.69, 9.17) is 4.98 Å². The van der Waals surface area contributed by atoms with Crippen LogP contribution in [-0.4, -0.2) is 56.0 Å². The Hall–Kier alpha value is -2.15. The number of hydrogen-bond acceptors (Lipinski definition) is 4. The summed E-state index contributed by atoms with van der Waals surface area (Å²) >= 11 is 0. The Balaban J connectivity index is 1.64. The third-order valence-corrected chi connectivity index (χ3v) is 6.21. The van der Waals surface area contributed by atoms with Crippen LogP contribution in [0.3, 0.4) is 0 Å². The zero-order chi connectivity index (χ0) is 20.0. The maximum Gasteiger partial charge on any atom is 0.277 e. The van der Waals surface area contributed by atoms with Gasteiger partial charge in [0.15, 0.2) is 5.65 Å². The minimum Gasteiger partial charge on any atom is -0.342 e. The molecular formula is C21H31N5O2. The Kier molecular flexibility index (Phi) is 5.04. The first-order valence-corrected chi connectivity index (χ1v) is 10.5. The molecule has 1 N–H and O–H groups in total. The summed E-state index contributed by atoms with van der Waals surface area (Å²) in [6, 6.07) is 2.42. The average Bonchev–Trinajstić information content (AvgIpc) is 3.11. The second kappa shape index (κ2) is 7.35. The fourth-order valence-corrected chi connectivity index (χ4v) is 4.47. The van der Waals surface area contributed by atoms with Gasteiger partial charge in [0.25, 0.3) is 5.56 Å². The minimum absolute atomic E-state index is 0.0152. The summed E-state index contributed by atoms with van der Waals surface area (Å²) in [6.45, 7) is 11.4. The molecule has 28 heavy (non-hydrogen) atoms. The van der Waals surface area contributed by atoms with Crippen molar-refractivity contribution in [2.45, 2.75) is 65.5 Å². The highest BCUT2D eigenvalue weighted by atomic mass is 16.2. The predicted octanol–water partition coefficient (Wildman–Crippen LogP) is 2.15. The van der Waals surface area contributed by atoms with Gasteiger partial charge >= 0.3 is 0 Å². The number of piperidine rings is 1. The molecule has 2 aromatic rings. The molecular weight excluding hydrogens is 354 g/mol. The lowest BCUT2D eigenvalue weighted by Gasteiger charge is -2.33. The second-order valence-corrected chi connectivity index (χ2v) is 8.84. The summed E-state index contributed by atoms with van der Waals surface area (Å²) < 4.78 is 1.60. The molecule has 0 bridgehead atoms. The normalized spacial score (nSPS) is 20.9. The number of nitrogens with one attached hydrogen (secondary N) is 1. The van der Waals surface area contributed by atoms with Crippen LogP contribution in [0.15, 0.2) is 10.9 Å². The molecule has 0 saturated carbocycles. The van der Waals surface area contributed by atoms with E-state index in [2.05, 4.69) is 23.8 Å². The number of likely N-dealkylation sites (tertiary alicyclic amines) is 1. The van der Waals surface area contributed by atoms with Crippen LogP contribution in [0.5, 0.6) is 0 Å². The van der Waals surface area contributed by atoms with Gasteiger partial charge in [0.1, 0.15) is 0 Å². The van der Waals surface area contributed by atoms with Crippen molar-refractivity contribution in [1.82, 2.24) is 24.4 Å². The summed E-state index contributed by atoms with van der Waals surface area (Å²) in [4.78, 5) is 34.6. The molecule has 4 rings (SSSR count). The standard InChI is InChI=1S/C21H31N5O2/c1-13(2)20(27)25-8-5-6-15(11-25)18-10-19-22-17-7-9-24(14(3)4)12-16(17)21(28)26(19)23-18/h10,13-15,23H,5-9,11-12H2,1-4H3/t15-/m1/s1. The molecule has 0 aliphatic carbocycles. The second-order valence-electron chi connectivity index (χ2n) is 8.84. The van der Waals surface area contributed by atoms with Crippen molar-refractivity contribution in [2.75, 3.05) is 19.6 Å². The first kappa shape index (κ1) is 19.2. The molecule has 1 atom stereocenters. The lowest BCUT2D eigenvalue weighted by Crippen LogP contribution is -2.41. The fourth-order valence-electron chi connectivity index (χ4n) is 4.47. The molecule has 0 unspecified atom stereocenters. The van der Waals surface area contributed by atoms with Crippen LogP contribution >= 0.6 is 0 Å². The molecule has 7 nitrogen and oxygen atoms in total. The summed E-state index contributed by atoms with van der Waals surface area (Å²) in [5.74, 6) is 0.448. The number of fused-ring (bicyclic) bond motifs is 2. The quantitative estimate of drug-likeness (QED) is 0.879. The zero-order valence-corrected chi connectivity index (χ0v) is 17.4. The van der Waals surface area contributed by atoms with Gasteiger partial charge in [-0.1, -0.05) is 13.8 Å². The lowest BCUT2D eigenvalue weighted by molar-refractivity contribution is -0.135. The lowest BCUT2D eigenvalue weighted by atomic mass is 9.94. The van der Waals surface area contributed by atoms with Crippen LogP contribution in [0, 0.1) is 5.92 Å². The van der Waals surface area contributed by atoms with Crippen LogP contribution in [0.4, 0.5) is 0 Å². The average molecular weight is 386 g/mol. The SMILES string of the molecule is CC(C)C(=O)N1CCC[C@@H](c2cc3nc4c(c(=O)n3[nH]2)CN(C(C)C)CC4)C1. The zero-order valence-electron chi connectivity index (χ0n) is 17.4. The maximum absolute atomic E-state index is 13.1. The van der Waals surface area contributed by atoms with Crippen molar-refractivity contribution < 1.29 is 4.79 Å². The number of carbonyl (C=O) groups is 1. The number of H-pyrrole nitrogens is 1. The molecule has 7 heteroatoms. The Morgan fingerprint density at radius 3 is 2.75 bits per heavy atom. The molecule has 0 spiro atoms. The smallest absolute Gasteiger partial charge is 0.277 e. The first-order valence-electron chi connectivity index (χ1n) is 10.5. The van der Waals surface area contributed by atoms with Gasteiger partial charge in [-0.15, -0.1) is 0 Å². The molecule has 1 fully saturated rings. The number of aromatic amines is 1. The van der Waals surface area contributed by atoms with Crippen molar-refractivity contribution >= 4 is 11.6 Å². The number of amides is 1. The van der Waals surface area contributed by atoms with Gasteiger partial charge in [-0.25, -0.2) is 9.50 Å². The molecule has 2 aliphatic heterocycles. The van der Waals surface area contributed by atoms with Gasteiger partial charge in [-0.05, 0) is 26.7 Å². The van der Waals surface area contributed by atoms with Crippen molar-refractivity contribution in [3.05, 3.63) is 33.4 Å². The van der Waals surface area contributed by atoms with Gasteiger partial charge in [0, 0.05) is 62.2 Å². The molecule has 4 heterocycles. The molecule has 1 saturated heterocycles. The van der Waals surface area contributed by atoms with Crippen LogP contribution in [0.1, 0.15) is 63.4 Å². The molecule has 1 amide bonds. The number of nitrogens with zero attached hydrogens (tertiary/aromatic N) is 4. The Morgan fingerprint density at radius 1 is 1.25 bits per heavy atom. The Morgan fingerprint density at radius 2 is 2.04 bits per heavy atom. The Bertz CT molecular complexity index is 942. The van der Waals surface area contributed by atoms with Gasteiger partial charge in [0.2, 0.25) is 5.91 Å². The van der Waals surface area contributed by atoms with E-state index in [1.807, 2.05) is 24.8 Å². The summed E-state index contributed by atoms with van der Waals surface area (Å²) in [7, 11) is 0. The summed E-state index contributed by atoms with van der Waals surface area (Å²) in [6.07, 6.45) is 2.82. The van der Waals surface area contributed by atoms with E-state index in [9.17, 15) is 9.59 Å². The van der Waals surface area contributed by atoms with Crippen LogP contribution in [0.25, 0.3) is 5.65 Å². The van der Waals surface area contributed by atoms with Crippen LogP contribution in [0.2, 0.25) is 0 Å². The number of carbonyl (C=O) groups excluding carboxylic acids is 1.